The van der Waals surface area contributed by atoms with Gasteiger partial charge in [0.1, 0.15) is 23.1 Å². The smallest absolute Gasteiger partial charge is 0.260 e. The van der Waals surface area contributed by atoms with Crippen molar-refractivity contribution in [2.45, 2.75) is 11.5 Å². The second kappa shape index (κ2) is 8.19. The highest BCUT2D eigenvalue weighted by molar-refractivity contribution is 7.83. The molecule has 1 N–H and O–H groups in total. The van der Waals surface area contributed by atoms with E-state index in [9.17, 15) is 9.00 Å². The molecular formula is C21H21N3O5S. The first kappa shape index (κ1) is 20.0. The molecule has 0 saturated carbocycles. The van der Waals surface area contributed by atoms with E-state index >= 15 is 0 Å². The first-order chi connectivity index (χ1) is 14.5. The van der Waals surface area contributed by atoms with Crippen molar-refractivity contribution in [2.24, 2.45) is 0 Å². The maximum Gasteiger partial charge on any atom is 0.260 e. The standard InChI is InChI=1S/C21H21N3O5S/c1-27-14-6-4-13(5-7-14)24-20(17-11-30(26)12-18(17)23-24)22-21(25)16-9-8-15(28-2)10-19(16)29-3/h4-10H,11-12H2,1-3H3,(H,22,25). The van der Waals surface area contributed by atoms with Gasteiger partial charge in [-0.3, -0.25) is 9.00 Å². The lowest BCUT2D eigenvalue weighted by Gasteiger charge is -2.13. The third-order valence-electron chi connectivity index (χ3n) is 4.87. The van der Waals surface area contributed by atoms with Gasteiger partial charge in [0.05, 0.1) is 49.8 Å². The topological polar surface area (TPSA) is 91.7 Å². The first-order valence-corrected chi connectivity index (χ1v) is 10.7. The van der Waals surface area contributed by atoms with Gasteiger partial charge in [-0.05, 0) is 36.4 Å². The zero-order valence-corrected chi connectivity index (χ0v) is 17.6. The van der Waals surface area contributed by atoms with Crippen molar-refractivity contribution < 1.29 is 23.2 Å². The van der Waals surface area contributed by atoms with Crippen molar-refractivity contribution in [3.8, 4) is 22.9 Å². The van der Waals surface area contributed by atoms with Crippen molar-refractivity contribution in [3.05, 3.63) is 59.3 Å². The highest BCUT2D eigenvalue weighted by atomic mass is 32.2. The molecule has 0 radical (unpaired) electrons. The van der Waals surface area contributed by atoms with Gasteiger partial charge < -0.3 is 19.5 Å². The Bertz CT molecular complexity index is 1120. The molecule has 1 amide bonds. The number of ether oxygens (including phenoxy) is 3. The Morgan fingerprint density at radius 1 is 1.00 bits per heavy atom. The van der Waals surface area contributed by atoms with Crippen LogP contribution in [0.1, 0.15) is 21.6 Å². The van der Waals surface area contributed by atoms with Gasteiger partial charge in [0.25, 0.3) is 5.91 Å². The lowest BCUT2D eigenvalue weighted by Crippen LogP contribution is -2.17. The summed E-state index contributed by atoms with van der Waals surface area (Å²) in [5, 5.41) is 7.54. The van der Waals surface area contributed by atoms with Crippen molar-refractivity contribution >= 4 is 22.5 Å². The zero-order chi connectivity index (χ0) is 21.3. The maximum atomic E-state index is 13.1. The number of carbonyl (C=O) groups excluding carboxylic acids is 1. The van der Waals surface area contributed by atoms with E-state index in [1.807, 2.05) is 24.3 Å². The Balaban J connectivity index is 1.73. The Morgan fingerprint density at radius 2 is 1.70 bits per heavy atom. The average Bonchev–Trinajstić information content (AvgIpc) is 3.29. The molecule has 4 rings (SSSR count). The summed E-state index contributed by atoms with van der Waals surface area (Å²) in [5.74, 6) is 2.56. The van der Waals surface area contributed by atoms with E-state index in [0.717, 1.165) is 16.9 Å². The molecule has 0 aliphatic carbocycles. The van der Waals surface area contributed by atoms with Crippen LogP contribution < -0.4 is 19.5 Å². The molecule has 1 aromatic heterocycles. The Morgan fingerprint density at radius 3 is 2.37 bits per heavy atom. The third-order valence-corrected chi connectivity index (χ3v) is 6.08. The van der Waals surface area contributed by atoms with Crippen LogP contribution in [-0.2, 0) is 22.3 Å². The Labute approximate surface area is 176 Å². The third kappa shape index (κ3) is 3.63. The molecule has 3 aromatic rings. The first-order valence-electron chi connectivity index (χ1n) is 9.17. The van der Waals surface area contributed by atoms with Crippen LogP contribution in [0.3, 0.4) is 0 Å². The number of rotatable bonds is 6. The number of benzene rings is 2. The number of nitrogens with zero attached hydrogens (tertiary/aromatic N) is 2. The molecule has 1 aliphatic rings. The van der Waals surface area contributed by atoms with Gasteiger partial charge in [-0.1, -0.05) is 0 Å². The summed E-state index contributed by atoms with van der Waals surface area (Å²) in [7, 11) is 3.61. The fraction of sp³-hybridized carbons (Fsp3) is 0.238. The second-order valence-corrected chi connectivity index (χ2v) is 8.09. The largest absolute Gasteiger partial charge is 0.497 e. The van der Waals surface area contributed by atoms with E-state index in [1.165, 1.54) is 7.11 Å². The van der Waals surface area contributed by atoms with E-state index in [-0.39, 0.29) is 5.91 Å². The minimum atomic E-state index is -1.03. The summed E-state index contributed by atoms with van der Waals surface area (Å²) >= 11 is 0. The van der Waals surface area contributed by atoms with E-state index in [0.29, 0.717) is 40.1 Å². The fourth-order valence-electron chi connectivity index (χ4n) is 3.33. The van der Waals surface area contributed by atoms with E-state index < -0.39 is 10.8 Å². The molecule has 30 heavy (non-hydrogen) atoms. The molecule has 1 atom stereocenters. The van der Waals surface area contributed by atoms with E-state index in [2.05, 4.69) is 10.4 Å². The number of amides is 1. The number of hydrogen-bond donors (Lipinski definition) is 1. The number of anilines is 1. The molecule has 0 spiro atoms. The molecule has 156 valence electrons. The van der Waals surface area contributed by atoms with Crippen LogP contribution in [0, 0.1) is 0 Å². The van der Waals surface area contributed by atoms with Gasteiger partial charge in [0.15, 0.2) is 0 Å². The Hall–Kier alpha value is -3.33. The van der Waals surface area contributed by atoms with E-state index in [1.54, 1.807) is 37.1 Å². The molecule has 0 saturated heterocycles. The minimum Gasteiger partial charge on any atom is -0.497 e. The zero-order valence-electron chi connectivity index (χ0n) is 16.8. The summed E-state index contributed by atoms with van der Waals surface area (Å²) in [6.07, 6.45) is 0. The predicted molar refractivity (Wildman–Crippen MR) is 113 cm³/mol. The highest BCUT2D eigenvalue weighted by Gasteiger charge is 2.29. The number of hydrogen-bond acceptors (Lipinski definition) is 6. The van der Waals surface area contributed by atoms with Crippen LogP contribution in [0.25, 0.3) is 5.69 Å². The van der Waals surface area contributed by atoms with Crippen LogP contribution in [0.5, 0.6) is 17.2 Å². The van der Waals surface area contributed by atoms with Gasteiger partial charge >= 0.3 is 0 Å². The molecule has 2 aromatic carbocycles. The molecule has 9 heteroatoms. The van der Waals surface area contributed by atoms with Crippen LogP contribution in [0.4, 0.5) is 5.82 Å². The summed E-state index contributed by atoms with van der Waals surface area (Å²) in [5.41, 5.74) is 2.62. The summed E-state index contributed by atoms with van der Waals surface area (Å²) < 4.78 is 29.5. The van der Waals surface area contributed by atoms with E-state index in [4.69, 9.17) is 14.2 Å². The molecule has 0 fully saturated rings. The molecular weight excluding hydrogens is 406 g/mol. The number of nitrogens with one attached hydrogen (secondary N) is 1. The summed E-state index contributed by atoms with van der Waals surface area (Å²) in [6, 6.07) is 12.3. The van der Waals surface area contributed by atoms with Crippen LogP contribution >= 0.6 is 0 Å². The van der Waals surface area contributed by atoms with Crippen molar-refractivity contribution in [2.75, 3.05) is 26.6 Å². The van der Waals surface area contributed by atoms with Crippen LogP contribution in [0.2, 0.25) is 0 Å². The quantitative estimate of drug-likeness (QED) is 0.650. The monoisotopic (exact) mass is 427 g/mol. The van der Waals surface area contributed by atoms with Crippen molar-refractivity contribution in [3.63, 3.8) is 0 Å². The van der Waals surface area contributed by atoms with Gasteiger partial charge in [0.2, 0.25) is 0 Å². The highest BCUT2D eigenvalue weighted by Crippen LogP contribution is 2.33. The predicted octanol–water partition coefficient (Wildman–Crippen LogP) is 2.91. The van der Waals surface area contributed by atoms with Crippen molar-refractivity contribution in [1.82, 2.24) is 9.78 Å². The number of fused-ring (bicyclic) bond motifs is 1. The number of methoxy groups -OCH3 is 3. The van der Waals surface area contributed by atoms with Gasteiger partial charge in [-0.2, -0.15) is 5.10 Å². The van der Waals surface area contributed by atoms with Gasteiger partial charge in [-0.15, -0.1) is 0 Å². The lowest BCUT2D eigenvalue weighted by atomic mass is 10.1. The average molecular weight is 427 g/mol. The molecule has 1 aliphatic heterocycles. The van der Waals surface area contributed by atoms with Crippen molar-refractivity contribution in [1.29, 1.82) is 0 Å². The molecule has 0 bridgehead atoms. The number of carbonyl (C=O) groups is 1. The SMILES string of the molecule is COc1ccc(-n2nc3c(c2NC(=O)c2ccc(OC)cc2OC)CS(=O)C3)cc1. The maximum absolute atomic E-state index is 13.1. The number of aromatic nitrogens is 2. The van der Waals surface area contributed by atoms with Gasteiger partial charge in [0, 0.05) is 22.4 Å². The Kier molecular flexibility index (Phi) is 5.45. The summed E-state index contributed by atoms with van der Waals surface area (Å²) in [4.78, 5) is 13.1. The van der Waals surface area contributed by atoms with Crippen LogP contribution in [0.15, 0.2) is 42.5 Å². The lowest BCUT2D eigenvalue weighted by molar-refractivity contribution is 0.102. The summed E-state index contributed by atoms with van der Waals surface area (Å²) in [6.45, 7) is 0. The normalized spacial score (nSPS) is 14.8. The second-order valence-electron chi connectivity index (χ2n) is 6.63. The molecule has 2 heterocycles. The van der Waals surface area contributed by atoms with Crippen LogP contribution in [-0.4, -0.2) is 41.2 Å². The fourth-order valence-corrected chi connectivity index (χ4v) is 4.59. The molecule has 8 nitrogen and oxygen atoms in total. The molecule has 1 unspecified atom stereocenters. The minimum absolute atomic E-state index is 0.348. The van der Waals surface area contributed by atoms with Gasteiger partial charge in [-0.25, -0.2) is 4.68 Å².